The Labute approximate surface area is 178 Å². The SMILES string of the molecule is CC1CCCN(c2ccc(C(C)NC(=O)c3ccc(Cn4ccnc4)cc3)cc2)C1. The van der Waals surface area contributed by atoms with Crippen molar-refractivity contribution in [1.82, 2.24) is 14.9 Å². The molecule has 30 heavy (non-hydrogen) atoms. The molecule has 1 fully saturated rings. The van der Waals surface area contributed by atoms with Gasteiger partial charge in [-0.3, -0.25) is 4.79 Å². The van der Waals surface area contributed by atoms with Crippen LogP contribution in [-0.2, 0) is 6.54 Å². The van der Waals surface area contributed by atoms with Crippen LogP contribution in [0.1, 0.15) is 54.2 Å². The van der Waals surface area contributed by atoms with Crippen LogP contribution in [-0.4, -0.2) is 28.5 Å². The molecule has 5 nitrogen and oxygen atoms in total. The van der Waals surface area contributed by atoms with Crippen LogP contribution in [0.5, 0.6) is 0 Å². The predicted octanol–water partition coefficient (Wildman–Crippen LogP) is 4.66. The number of carbonyl (C=O) groups excluding carboxylic acids is 1. The van der Waals surface area contributed by atoms with Crippen LogP contribution in [0.3, 0.4) is 0 Å². The number of amides is 1. The van der Waals surface area contributed by atoms with E-state index in [2.05, 4.69) is 46.4 Å². The van der Waals surface area contributed by atoms with Crippen molar-refractivity contribution in [1.29, 1.82) is 0 Å². The van der Waals surface area contributed by atoms with Gasteiger partial charge in [-0.05, 0) is 61.1 Å². The number of anilines is 1. The molecule has 1 amide bonds. The molecule has 5 heteroatoms. The molecule has 4 rings (SSSR count). The average molecular weight is 403 g/mol. The molecule has 1 N–H and O–H groups in total. The van der Waals surface area contributed by atoms with Crippen LogP contribution in [0.25, 0.3) is 0 Å². The largest absolute Gasteiger partial charge is 0.371 e. The lowest BCUT2D eigenvalue weighted by Crippen LogP contribution is -2.34. The molecule has 2 unspecified atom stereocenters. The number of carbonyl (C=O) groups is 1. The van der Waals surface area contributed by atoms with E-state index >= 15 is 0 Å². The standard InChI is InChI=1S/C25H30N4O/c1-19-4-3-14-29(16-19)24-11-9-22(10-12-24)20(2)27-25(30)23-7-5-21(6-8-23)17-28-15-13-26-18-28/h5-13,15,18-20H,3-4,14,16-17H2,1-2H3,(H,27,30). The van der Waals surface area contributed by atoms with E-state index in [0.717, 1.165) is 36.7 Å². The summed E-state index contributed by atoms with van der Waals surface area (Å²) in [6, 6.07) is 16.3. The summed E-state index contributed by atoms with van der Waals surface area (Å²) < 4.78 is 2.01. The Balaban J connectivity index is 1.34. The zero-order valence-electron chi connectivity index (χ0n) is 17.8. The highest BCUT2D eigenvalue weighted by Gasteiger charge is 2.17. The first kappa shape index (κ1) is 20.2. The molecule has 1 aliphatic rings. The Bertz CT molecular complexity index is 948. The maximum absolute atomic E-state index is 12.7. The second-order valence-electron chi connectivity index (χ2n) is 8.41. The molecule has 1 aliphatic heterocycles. The normalized spacial score (nSPS) is 17.5. The van der Waals surface area contributed by atoms with E-state index in [1.54, 1.807) is 12.5 Å². The third kappa shape index (κ3) is 4.90. The minimum absolute atomic E-state index is 0.0440. The highest BCUT2D eigenvalue weighted by Crippen LogP contribution is 2.24. The van der Waals surface area contributed by atoms with Crippen molar-refractivity contribution in [3.05, 3.63) is 83.9 Å². The van der Waals surface area contributed by atoms with E-state index < -0.39 is 0 Å². The molecule has 1 aromatic heterocycles. The third-order valence-electron chi connectivity index (χ3n) is 5.90. The highest BCUT2D eigenvalue weighted by atomic mass is 16.1. The van der Waals surface area contributed by atoms with Gasteiger partial charge in [0.25, 0.3) is 5.91 Å². The summed E-state index contributed by atoms with van der Waals surface area (Å²) in [7, 11) is 0. The third-order valence-corrected chi connectivity index (χ3v) is 5.90. The van der Waals surface area contributed by atoms with Gasteiger partial charge in [0.2, 0.25) is 0 Å². The number of piperidine rings is 1. The number of aromatic nitrogens is 2. The number of benzene rings is 2. The number of rotatable bonds is 6. The summed E-state index contributed by atoms with van der Waals surface area (Å²) in [4.78, 5) is 19.2. The Kier molecular flexibility index (Phi) is 6.17. The van der Waals surface area contributed by atoms with Crippen molar-refractivity contribution in [2.24, 2.45) is 5.92 Å². The van der Waals surface area contributed by atoms with Gasteiger partial charge in [0.05, 0.1) is 12.4 Å². The second-order valence-corrected chi connectivity index (χ2v) is 8.41. The van der Waals surface area contributed by atoms with Crippen molar-refractivity contribution in [3.8, 4) is 0 Å². The summed E-state index contributed by atoms with van der Waals surface area (Å²) in [5.74, 6) is 0.702. The quantitative estimate of drug-likeness (QED) is 0.652. The molecule has 0 saturated carbocycles. The van der Waals surface area contributed by atoms with Crippen molar-refractivity contribution in [2.45, 2.75) is 39.3 Å². The molecule has 2 aromatic carbocycles. The Morgan fingerprint density at radius 3 is 2.60 bits per heavy atom. The number of hydrogen-bond donors (Lipinski definition) is 1. The van der Waals surface area contributed by atoms with E-state index in [1.807, 2.05) is 42.0 Å². The van der Waals surface area contributed by atoms with Gasteiger partial charge in [-0.2, -0.15) is 0 Å². The van der Waals surface area contributed by atoms with E-state index in [1.165, 1.54) is 18.5 Å². The van der Waals surface area contributed by atoms with Gasteiger partial charge >= 0.3 is 0 Å². The van der Waals surface area contributed by atoms with E-state index in [4.69, 9.17) is 0 Å². The smallest absolute Gasteiger partial charge is 0.251 e. The van der Waals surface area contributed by atoms with Crippen LogP contribution < -0.4 is 10.2 Å². The fraction of sp³-hybridized carbons (Fsp3) is 0.360. The lowest BCUT2D eigenvalue weighted by molar-refractivity contribution is 0.0940. The number of nitrogens with one attached hydrogen (secondary N) is 1. The molecular formula is C25H30N4O. The molecule has 2 heterocycles. The molecule has 0 spiro atoms. The van der Waals surface area contributed by atoms with Gasteiger partial charge in [0.1, 0.15) is 0 Å². The minimum atomic E-state index is -0.0504. The summed E-state index contributed by atoms with van der Waals surface area (Å²) in [6.45, 7) is 7.36. The monoisotopic (exact) mass is 402 g/mol. The highest BCUT2D eigenvalue weighted by molar-refractivity contribution is 5.94. The van der Waals surface area contributed by atoms with Crippen LogP contribution >= 0.6 is 0 Å². The Morgan fingerprint density at radius 2 is 1.93 bits per heavy atom. The molecule has 1 saturated heterocycles. The van der Waals surface area contributed by atoms with E-state index in [9.17, 15) is 4.79 Å². The van der Waals surface area contributed by atoms with Crippen molar-refractivity contribution in [2.75, 3.05) is 18.0 Å². The molecule has 2 atom stereocenters. The maximum atomic E-state index is 12.7. The summed E-state index contributed by atoms with van der Waals surface area (Å²) in [5.41, 5.74) is 4.21. The molecule has 156 valence electrons. The van der Waals surface area contributed by atoms with Gasteiger partial charge in [-0.1, -0.05) is 31.2 Å². The average Bonchev–Trinajstić information content (AvgIpc) is 3.27. The second kappa shape index (κ2) is 9.16. The van der Waals surface area contributed by atoms with Crippen molar-refractivity contribution >= 4 is 11.6 Å². The summed E-state index contributed by atoms with van der Waals surface area (Å²) in [5, 5.41) is 3.12. The number of hydrogen-bond acceptors (Lipinski definition) is 3. The minimum Gasteiger partial charge on any atom is -0.371 e. The first-order valence-corrected chi connectivity index (χ1v) is 10.8. The van der Waals surface area contributed by atoms with Crippen molar-refractivity contribution < 1.29 is 4.79 Å². The zero-order valence-corrected chi connectivity index (χ0v) is 17.8. The van der Waals surface area contributed by atoms with Crippen molar-refractivity contribution in [3.63, 3.8) is 0 Å². The number of nitrogens with zero attached hydrogens (tertiary/aromatic N) is 3. The van der Waals surface area contributed by atoms with Crippen LogP contribution in [0, 0.1) is 5.92 Å². The summed E-state index contributed by atoms with van der Waals surface area (Å²) >= 11 is 0. The van der Waals surface area contributed by atoms with E-state index in [0.29, 0.717) is 5.56 Å². The fourth-order valence-corrected chi connectivity index (χ4v) is 4.11. The van der Waals surface area contributed by atoms with Gasteiger partial charge < -0.3 is 14.8 Å². The van der Waals surface area contributed by atoms with Gasteiger partial charge in [0, 0.05) is 43.3 Å². The van der Waals surface area contributed by atoms with Crippen LogP contribution in [0.2, 0.25) is 0 Å². The topological polar surface area (TPSA) is 50.2 Å². The van der Waals surface area contributed by atoms with E-state index in [-0.39, 0.29) is 11.9 Å². The maximum Gasteiger partial charge on any atom is 0.251 e. The van der Waals surface area contributed by atoms with Crippen LogP contribution in [0.4, 0.5) is 5.69 Å². The fourth-order valence-electron chi connectivity index (χ4n) is 4.11. The van der Waals surface area contributed by atoms with Gasteiger partial charge in [-0.25, -0.2) is 4.98 Å². The zero-order chi connectivity index (χ0) is 20.9. The molecule has 0 aliphatic carbocycles. The number of imidazole rings is 1. The first-order chi connectivity index (χ1) is 14.6. The Hall–Kier alpha value is -3.08. The first-order valence-electron chi connectivity index (χ1n) is 10.8. The molecule has 0 bridgehead atoms. The van der Waals surface area contributed by atoms with Gasteiger partial charge in [-0.15, -0.1) is 0 Å². The Morgan fingerprint density at radius 1 is 1.17 bits per heavy atom. The molecule has 3 aromatic rings. The summed E-state index contributed by atoms with van der Waals surface area (Å²) in [6.07, 6.45) is 8.07. The van der Waals surface area contributed by atoms with Crippen LogP contribution in [0.15, 0.2) is 67.3 Å². The van der Waals surface area contributed by atoms with Gasteiger partial charge in [0.15, 0.2) is 0 Å². The molecule has 0 radical (unpaired) electrons. The lowest BCUT2D eigenvalue weighted by atomic mass is 9.99. The molecular weight excluding hydrogens is 372 g/mol. The lowest BCUT2D eigenvalue weighted by Gasteiger charge is -2.33. The predicted molar refractivity (Wildman–Crippen MR) is 121 cm³/mol.